The van der Waals surface area contributed by atoms with Gasteiger partial charge >= 0.3 is 0 Å². The van der Waals surface area contributed by atoms with Gasteiger partial charge in [-0.15, -0.1) is 0 Å². The number of carbonyl (C=O) groups is 1. The van der Waals surface area contributed by atoms with Crippen molar-refractivity contribution in [2.24, 2.45) is 5.92 Å². The first-order valence-corrected chi connectivity index (χ1v) is 4.62. The van der Waals surface area contributed by atoms with E-state index in [1.165, 1.54) is 19.2 Å². The van der Waals surface area contributed by atoms with Crippen molar-refractivity contribution in [3.8, 4) is 11.5 Å². The van der Waals surface area contributed by atoms with Crippen LogP contribution in [0.1, 0.15) is 17.3 Å². The van der Waals surface area contributed by atoms with E-state index in [4.69, 9.17) is 9.84 Å². The fourth-order valence-corrected chi connectivity index (χ4v) is 1.20. The lowest BCUT2D eigenvalue weighted by atomic mass is 9.99. The van der Waals surface area contributed by atoms with E-state index in [0.717, 1.165) is 0 Å². The molecule has 4 nitrogen and oxygen atoms in total. The van der Waals surface area contributed by atoms with Crippen molar-refractivity contribution in [1.29, 1.82) is 0 Å². The predicted octanol–water partition coefficient (Wildman–Crippen LogP) is 1.21. The van der Waals surface area contributed by atoms with E-state index in [1.807, 2.05) is 0 Å². The maximum atomic E-state index is 11.6. The Bertz CT molecular complexity index is 360. The van der Waals surface area contributed by atoms with Gasteiger partial charge in [-0.25, -0.2) is 0 Å². The van der Waals surface area contributed by atoms with Gasteiger partial charge in [0.1, 0.15) is 11.5 Å². The maximum absolute atomic E-state index is 11.6. The van der Waals surface area contributed by atoms with E-state index in [-0.39, 0.29) is 23.7 Å². The molecule has 0 aliphatic rings. The van der Waals surface area contributed by atoms with Crippen LogP contribution in [-0.2, 0) is 0 Å². The van der Waals surface area contributed by atoms with Crippen molar-refractivity contribution < 1.29 is 19.7 Å². The minimum absolute atomic E-state index is 0.125. The number of ketones is 1. The number of hydrogen-bond donors (Lipinski definition) is 2. The quantitative estimate of drug-likeness (QED) is 0.733. The van der Waals surface area contributed by atoms with Crippen LogP contribution in [0.15, 0.2) is 18.2 Å². The number of rotatable bonds is 4. The molecule has 1 aromatic rings. The summed E-state index contributed by atoms with van der Waals surface area (Å²) in [6.45, 7) is 1.37. The molecule has 0 saturated carbocycles. The number of hydrogen-bond acceptors (Lipinski definition) is 4. The van der Waals surface area contributed by atoms with Crippen molar-refractivity contribution in [1.82, 2.24) is 0 Å². The summed E-state index contributed by atoms with van der Waals surface area (Å²) < 4.78 is 4.90. The Hall–Kier alpha value is -1.55. The average molecular weight is 210 g/mol. The van der Waals surface area contributed by atoms with Crippen LogP contribution < -0.4 is 4.74 Å². The highest BCUT2D eigenvalue weighted by Crippen LogP contribution is 2.25. The lowest BCUT2D eigenvalue weighted by molar-refractivity contribution is 0.0875. The SMILES string of the molecule is COc1ccc(C(=O)C(C)CO)c(O)c1. The standard InChI is InChI=1S/C11H14O4/c1-7(6-12)11(14)9-4-3-8(15-2)5-10(9)13/h3-5,7,12-13H,6H2,1-2H3. The Kier molecular flexibility index (Phi) is 3.68. The third kappa shape index (κ3) is 2.47. The molecule has 2 N–H and O–H groups in total. The number of methoxy groups -OCH3 is 1. The smallest absolute Gasteiger partial charge is 0.171 e. The molecule has 0 aromatic heterocycles. The number of aromatic hydroxyl groups is 1. The minimum atomic E-state index is -0.510. The molecule has 1 atom stereocenters. The Labute approximate surface area is 88.1 Å². The molecule has 82 valence electrons. The Morgan fingerprint density at radius 3 is 2.67 bits per heavy atom. The number of aliphatic hydroxyl groups excluding tert-OH is 1. The summed E-state index contributed by atoms with van der Waals surface area (Å²) in [6, 6.07) is 4.46. The first-order valence-electron chi connectivity index (χ1n) is 4.62. The van der Waals surface area contributed by atoms with Crippen LogP contribution in [-0.4, -0.2) is 29.7 Å². The van der Waals surface area contributed by atoms with Crippen molar-refractivity contribution >= 4 is 5.78 Å². The van der Waals surface area contributed by atoms with Crippen LogP contribution in [0.4, 0.5) is 0 Å². The highest BCUT2D eigenvalue weighted by atomic mass is 16.5. The van der Waals surface area contributed by atoms with Crippen LogP contribution in [0.3, 0.4) is 0 Å². The van der Waals surface area contributed by atoms with Gasteiger partial charge in [0.05, 0.1) is 19.3 Å². The molecule has 0 amide bonds. The number of phenolic OH excluding ortho intramolecular Hbond substituents is 1. The third-order valence-electron chi connectivity index (χ3n) is 2.19. The molecule has 0 fully saturated rings. The normalized spacial score (nSPS) is 12.2. The molecule has 15 heavy (non-hydrogen) atoms. The lowest BCUT2D eigenvalue weighted by Crippen LogP contribution is -2.15. The largest absolute Gasteiger partial charge is 0.507 e. The molecule has 0 radical (unpaired) electrons. The summed E-state index contributed by atoms with van der Waals surface area (Å²) in [5, 5.41) is 18.4. The van der Waals surface area contributed by atoms with Gasteiger partial charge in [0.25, 0.3) is 0 Å². The number of carbonyl (C=O) groups excluding carboxylic acids is 1. The summed E-state index contributed by atoms with van der Waals surface area (Å²) in [6.07, 6.45) is 0. The molecule has 0 saturated heterocycles. The Balaban J connectivity index is 3.00. The van der Waals surface area contributed by atoms with Crippen LogP contribution >= 0.6 is 0 Å². The number of ether oxygens (including phenoxy) is 1. The predicted molar refractivity (Wildman–Crippen MR) is 55.2 cm³/mol. The molecule has 0 heterocycles. The minimum Gasteiger partial charge on any atom is -0.507 e. The van der Waals surface area contributed by atoms with E-state index in [0.29, 0.717) is 5.75 Å². The summed E-state index contributed by atoms with van der Waals surface area (Å²) in [7, 11) is 1.48. The van der Waals surface area contributed by atoms with Crippen molar-refractivity contribution in [3.63, 3.8) is 0 Å². The maximum Gasteiger partial charge on any atom is 0.171 e. The van der Waals surface area contributed by atoms with E-state index in [2.05, 4.69) is 0 Å². The summed E-state index contributed by atoms with van der Waals surface area (Å²) in [4.78, 5) is 11.6. The molecule has 0 bridgehead atoms. The fraction of sp³-hybridized carbons (Fsp3) is 0.364. The van der Waals surface area contributed by atoms with Gasteiger partial charge in [0, 0.05) is 12.0 Å². The second kappa shape index (κ2) is 4.79. The van der Waals surface area contributed by atoms with Crippen molar-refractivity contribution in [2.75, 3.05) is 13.7 Å². The molecular formula is C11H14O4. The van der Waals surface area contributed by atoms with Crippen LogP contribution in [0.2, 0.25) is 0 Å². The Morgan fingerprint density at radius 1 is 1.53 bits per heavy atom. The second-order valence-electron chi connectivity index (χ2n) is 3.33. The zero-order valence-corrected chi connectivity index (χ0v) is 8.73. The topological polar surface area (TPSA) is 66.8 Å². The van der Waals surface area contributed by atoms with E-state index in [1.54, 1.807) is 13.0 Å². The first kappa shape index (κ1) is 11.5. The van der Waals surface area contributed by atoms with Gasteiger partial charge in [-0.3, -0.25) is 4.79 Å². The van der Waals surface area contributed by atoms with Gasteiger partial charge in [-0.2, -0.15) is 0 Å². The molecule has 4 heteroatoms. The van der Waals surface area contributed by atoms with E-state index >= 15 is 0 Å². The summed E-state index contributed by atoms with van der Waals surface area (Å²) >= 11 is 0. The molecule has 0 spiro atoms. The highest BCUT2D eigenvalue weighted by Gasteiger charge is 2.17. The van der Waals surface area contributed by atoms with Crippen molar-refractivity contribution in [2.45, 2.75) is 6.92 Å². The number of benzene rings is 1. The van der Waals surface area contributed by atoms with E-state index < -0.39 is 5.92 Å². The van der Waals surface area contributed by atoms with Gasteiger partial charge in [0.2, 0.25) is 0 Å². The highest BCUT2D eigenvalue weighted by molar-refractivity contribution is 6.00. The van der Waals surface area contributed by atoms with Gasteiger partial charge in [0.15, 0.2) is 5.78 Å². The van der Waals surface area contributed by atoms with Crippen LogP contribution in [0.25, 0.3) is 0 Å². The molecule has 1 aromatic carbocycles. The monoisotopic (exact) mass is 210 g/mol. The number of Topliss-reactive ketones (excluding diaryl/α,β-unsaturated/α-hetero) is 1. The second-order valence-corrected chi connectivity index (χ2v) is 3.33. The summed E-state index contributed by atoms with van der Waals surface area (Å²) in [5.74, 6) is -0.428. The molecule has 1 rings (SSSR count). The van der Waals surface area contributed by atoms with Crippen molar-refractivity contribution in [3.05, 3.63) is 23.8 Å². The number of aliphatic hydroxyl groups is 1. The van der Waals surface area contributed by atoms with E-state index in [9.17, 15) is 9.90 Å². The Morgan fingerprint density at radius 2 is 2.20 bits per heavy atom. The molecule has 0 aliphatic heterocycles. The van der Waals surface area contributed by atoms with Gasteiger partial charge in [-0.05, 0) is 12.1 Å². The lowest BCUT2D eigenvalue weighted by Gasteiger charge is -2.09. The third-order valence-corrected chi connectivity index (χ3v) is 2.19. The number of phenols is 1. The zero-order chi connectivity index (χ0) is 11.4. The first-order chi connectivity index (χ1) is 7.10. The van der Waals surface area contributed by atoms with Gasteiger partial charge < -0.3 is 14.9 Å². The summed E-state index contributed by atoms with van der Waals surface area (Å²) in [5.41, 5.74) is 0.206. The zero-order valence-electron chi connectivity index (χ0n) is 8.73. The fourth-order valence-electron chi connectivity index (χ4n) is 1.20. The average Bonchev–Trinajstić information content (AvgIpc) is 2.26. The van der Waals surface area contributed by atoms with Crippen LogP contribution in [0, 0.1) is 5.92 Å². The van der Waals surface area contributed by atoms with Crippen LogP contribution in [0.5, 0.6) is 11.5 Å². The molecule has 1 unspecified atom stereocenters. The molecule has 0 aliphatic carbocycles. The molecular weight excluding hydrogens is 196 g/mol. The van der Waals surface area contributed by atoms with Gasteiger partial charge in [-0.1, -0.05) is 6.92 Å².